The molecule has 2 N–H and O–H groups in total. The molecule has 0 saturated heterocycles. The van der Waals surface area contributed by atoms with Crippen LogP contribution < -0.4 is 5.32 Å². The number of hydrogen-bond acceptors (Lipinski definition) is 2. The van der Waals surface area contributed by atoms with Crippen LogP contribution in [0.2, 0.25) is 0 Å². The molecule has 0 aromatic heterocycles. The molecule has 0 aromatic carbocycles. The topological polar surface area (TPSA) is 32.3 Å². The van der Waals surface area contributed by atoms with Crippen LogP contribution in [0.1, 0.15) is 52.4 Å². The molecule has 2 heteroatoms. The Kier molecular flexibility index (Phi) is 9.94. The summed E-state index contributed by atoms with van der Waals surface area (Å²) in [5, 5.41) is 12.0. The zero-order chi connectivity index (χ0) is 9.94. The van der Waals surface area contributed by atoms with Crippen LogP contribution in [0.15, 0.2) is 0 Å². The average Bonchev–Trinajstić information content (AvgIpc) is 2.17. The molecule has 0 spiro atoms. The van der Waals surface area contributed by atoms with E-state index in [-0.39, 0.29) is 6.61 Å². The van der Waals surface area contributed by atoms with Crippen molar-refractivity contribution in [3.05, 3.63) is 0 Å². The van der Waals surface area contributed by atoms with E-state index in [1.165, 1.54) is 38.5 Å². The maximum Gasteiger partial charge on any atom is 0.0556 e. The Hall–Kier alpha value is -0.0800. The molecule has 0 rings (SSSR count). The molecule has 0 fully saturated rings. The van der Waals surface area contributed by atoms with Gasteiger partial charge in [0.1, 0.15) is 0 Å². The van der Waals surface area contributed by atoms with Crippen molar-refractivity contribution >= 4 is 0 Å². The largest absolute Gasteiger partial charge is 0.395 e. The number of rotatable bonds is 9. The molecular formula is C11H25NO. The quantitative estimate of drug-likeness (QED) is 0.543. The third kappa shape index (κ3) is 8.26. The lowest BCUT2D eigenvalue weighted by Crippen LogP contribution is -2.30. The van der Waals surface area contributed by atoms with Gasteiger partial charge in [0.2, 0.25) is 0 Å². The van der Waals surface area contributed by atoms with Crippen molar-refractivity contribution in [2.75, 3.05) is 13.2 Å². The molecular weight excluding hydrogens is 162 g/mol. The minimum Gasteiger partial charge on any atom is -0.395 e. The summed E-state index contributed by atoms with van der Waals surface area (Å²) in [6.45, 7) is 5.44. The molecule has 0 bridgehead atoms. The molecule has 1 atom stereocenters. The van der Waals surface area contributed by atoms with Gasteiger partial charge in [0.15, 0.2) is 0 Å². The highest BCUT2D eigenvalue weighted by molar-refractivity contribution is 4.64. The first-order valence-corrected chi connectivity index (χ1v) is 5.69. The molecule has 0 aliphatic carbocycles. The van der Waals surface area contributed by atoms with Crippen molar-refractivity contribution in [1.82, 2.24) is 5.32 Å². The van der Waals surface area contributed by atoms with E-state index in [1.807, 2.05) is 0 Å². The van der Waals surface area contributed by atoms with Crippen LogP contribution in [-0.2, 0) is 0 Å². The van der Waals surface area contributed by atoms with Crippen molar-refractivity contribution in [3.63, 3.8) is 0 Å². The Morgan fingerprint density at radius 3 is 2.46 bits per heavy atom. The highest BCUT2D eigenvalue weighted by Gasteiger charge is 2.03. The number of unbranched alkanes of at least 4 members (excludes halogenated alkanes) is 3. The molecule has 0 aliphatic rings. The van der Waals surface area contributed by atoms with Gasteiger partial charge in [-0.25, -0.2) is 0 Å². The predicted octanol–water partition coefficient (Wildman–Crippen LogP) is 2.32. The van der Waals surface area contributed by atoms with Crippen LogP contribution in [0.3, 0.4) is 0 Å². The zero-order valence-corrected chi connectivity index (χ0v) is 9.18. The van der Waals surface area contributed by atoms with Crippen LogP contribution in [-0.4, -0.2) is 24.3 Å². The molecule has 0 unspecified atom stereocenters. The Bertz CT molecular complexity index is 96.1. The molecule has 0 amide bonds. The lowest BCUT2D eigenvalue weighted by atomic mass is 10.1. The molecule has 0 saturated carbocycles. The van der Waals surface area contributed by atoms with Gasteiger partial charge in [0.25, 0.3) is 0 Å². The summed E-state index contributed by atoms with van der Waals surface area (Å²) in [4.78, 5) is 0. The molecule has 13 heavy (non-hydrogen) atoms. The van der Waals surface area contributed by atoms with Gasteiger partial charge in [0.05, 0.1) is 6.61 Å². The molecule has 0 heterocycles. The van der Waals surface area contributed by atoms with E-state index in [4.69, 9.17) is 5.11 Å². The lowest BCUT2D eigenvalue weighted by Gasteiger charge is -2.15. The predicted molar refractivity (Wildman–Crippen MR) is 57.9 cm³/mol. The minimum absolute atomic E-state index is 0.255. The summed E-state index contributed by atoms with van der Waals surface area (Å²) in [6.07, 6.45) is 7.78. The van der Waals surface area contributed by atoms with E-state index in [0.29, 0.717) is 6.04 Å². The summed E-state index contributed by atoms with van der Waals surface area (Å²) in [5.74, 6) is 0. The van der Waals surface area contributed by atoms with Crippen molar-refractivity contribution in [2.45, 2.75) is 58.4 Å². The highest BCUT2D eigenvalue weighted by Crippen LogP contribution is 2.07. The summed E-state index contributed by atoms with van der Waals surface area (Å²) < 4.78 is 0. The first-order valence-electron chi connectivity index (χ1n) is 5.69. The fourth-order valence-corrected chi connectivity index (χ4v) is 1.54. The van der Waals surface area contributed by atoms with Crippen LogP contribution in [0, 0.1) is 0 Å². The Balaban J connectivity index is 3.25. The molecule has 0 aliphatic heterocycles. The summed E-state index contributed by atoms with van der Waals surface area (Å²) in [5.41, 5.74) is 0. The Labute approximate surface area is 82.7 Å². The first kappa shape index (κ1) is 12.9. The van der Waals surface area contributed by atoms with Crippen molar-refractivity contribution in [2.24, 2.45) is 0 Å². The lowest BCUT2D eigenvalue weighted by molar-refractivity contribution is 0.280. The van der Waals surface area contributed by atoms with E-state index >= 15 is 0 Å². The van der Waals surface area contributed by atoms with Gasteiger partial charge in [-0.3, -0.25) is 0 Å². The zero-order valence-electron chi connectivity index (χ0n) is 9.18. The third-order valence-electron chi connectivity index (χ3n) is 2.44. The van der Waals surface area contributed by atoms with E-state index in [1.54, 1.807) is 0 Å². The van der Waals surface area contributed by atoms with E-state index < -0.39 is 0 Å². The molecule has 0 aromatic rings. The number of aliphatic hydroxyl groups excluding tert-OH is 1. The van der Waals surface area contributed by atoms with E-state index in [0.717, 1.165) is 6.54 Å². The van der Waals surface area contributed by atoms with Gasteiger partial charge >= 0.3 is 0 Å². The minimum atomic E-state index is 0.255. The second-order valence-corrected chi connectivity index (χ2v) is 3.63. The van der Waals surface area contributed by atoms with Crippen LogP contribution in [0.25, 0.3) is 0 Å². The van der Waals surface area contributed by atoms with Crippen LogP contribution in [0.4, 0.5) is 0 Å². The van der Waals surface area contributed by atoms with Gasteiger partial charge < -0.3 is 10.4 Å². The number of hydrogen-bond donors (Lipinski definition) is 2. The maximum atomic E-state index is 8.66. The van der Waals surface area contributed by atoms with Gasteiger partial charge in [0, 0.05) is 12.6 Å². The van der Waals surface area contributed by atoms with Crippen LogP contribution in [0.5, 0.6) is 0 Å². The highest BCUT2D eigenvalue weighted by atomic mass is 16.3. The third-order valence-corrected chi connectivity index (χ3v) is 2.44. The molecule has 0 radical (unpaired) electrons. The van der Waals surface area contributed by atoms with Gasteiger partial charge in [-0.2, -0.15) is 0 Å². The first-order chi connectivity index (χ1) is 6.35. The van der Waals surface area contributed by atoms with Gasteiger partial charge in [-0.15, -0.1) is 0 Å². The van der Waals surface area contributed by atoms with Crippen molar-refractivity contribution in [3.8, 4) is 0 Å². The molecule has 2 nitrogen and oxygen atoms in total. The number of aliphatic hydroxyl groups is 1. The summed E-state index contributed by atoms with van der Waals surface area (Å²) in [7, 11) is 0. The fourth-order valence-electron chi connectivity index (χ4n) is 1.54. The normalized spacial score (nSPS) is 13.2. The Morgan fingerprint density at radius 1 is 1.15 bits per heavy atom. The second-order valence-electron chi connectivity index (χ2n) is 3.63. The average molecular weight is 187 g/mol. The van der Waals surface area contributed by atoms with Gasteiger partial charge in [-0.1, -0.05) is 39.5 Å². The van der Waals surface area contributed by atoms with Crippen LogP contribution >= 0.6 is 0 Å². The number of nitrogens with one attached hydrogen (secondary N) is 1. The van der Waals surface area contributed by atoms with Crippen molar-refractivity contribution < 1.29 is 5.11 Å². The fraction of sp³-hybridized carbons (Fsp3) is 1.00. The second kappa shape index (κ2) is 10.0. The SMILES string of the molecule is CCCCCC[C@@H](CC)NCCO. The summed E-state index contributed by atoms with van der Waals surface area (Å²) >= 11 is 0. The standard InChI is InChI=1S/C11H25NO/c1-3-5-6-7-8-11(4-2)12-9-10-13/h11-13H,3-10H2,1-2H3/t11-/m1/s1. The van der Waals surface area contributed by atoms with Crippen molar-refractivity contribution in [1.29, 1.82) is 0 Å². The monoisotopic (exact) mass is 187 g/mol. The molecule has 80 valence electrons. The summed E-state index contributed by atoms with van der Waals surface area (Å²) in [6, 6.07) is 0.615. The van der Waals surface area contributed by atoms with E-state index in [2.05, 4.69) is 19.2 Å². The smallest absolute Gasteiger partial charge is 0.0556 e. The van der Waals surface area contributed by atoms with Gasteiger partial charge in [-0.05, 0) is 12.8 Å². The van der Waals surface area contributed by atoms with E-state index in [9.17, 15) is 0 Å². The maximum absolute atomic E-state index is 8.66. The Morgan fingerprint density at radius 2 is 1.92 bits per heavy atom.